The lowest BCUT2D eigenvalue weighted by molar-refractivity contribution is -0.137. The minimum absolute atomic E-state index is 0.0424. The maximum absolute atomic E-state index is 12.8. The van der Waals surface area contributed by atoms with E-state index in [1.807, 2.05) is 25.1 Å². The quantitative estimate of drug-likeness (QED) is 0.680. The number of morpholine rings is 1. The monoisotopic (exact) mass is 420 g/mol. The first kappa shape index (κ1) is 22.2. The van der Waals surface area contributed by atoms with E-state index in [1.54, 1.807) is 11.9 Å². The molecular formula is C23H27F3N2O2. The van der Waals surface area contributed by atoms with E-state index in [1.165, 1.54) is 12.1 Å². The number of ether oxygens (including phenoxy) is 1. The molecule has 1 aliphatic rings. The van der Waals surface area contributed by atoms with Crippen LogP contribution < -0.4 is 4.90 Å². The van der Waals surface area contributed by atoms with E-state index >= 15 is 0 Å². The number of nitrogens with zero attached hydrogens (tertiary/aromatic N) is 2. The molecular weight excluding hydrogens is 393 g/mol. The van der Waals surface area contributed by atoms with Gasteiger partial charge in [-0.15, -0.1) is 0 Å². The standard InChI is InChI=1S/C23H27F3N2O2/c1-17(18-7-9-20(10-8-18)23(24,25)26)15-22(29)27(2)16-19-5-3-4-6-21(19)28-11-13-30-14-12-28/h3-10,17H,11-16H2,1-2H3. The maximum atomic E-state index is 12.8. The summed E-state index contributed by atoms with van der Waals surface area (Å²) in [7, 11) is 1.76. The fourth-order valence-corrected chi connectivity index (χ4v) is 3.64. The van der Waals surface area contributed by atoms with Gasteiger partial charge >= 0.3 is 6.18 Å². The zero-order valence-corrected chi connectivity index (χ0v) is 17.3. The molecule has 0 bridgehead atoms. The molecule has 1 aliphatic heterocycles. The van der Waals surface area contributed by atoms with Crippen molar-refractivity contribution in [1.82, 2.24) is 4.90 Å². The van der Waals surface area contributed by atoms with Gasteiger partial charge in [0.1, 0.15) is 0 Å². The van der Waals surface area contributed by atoms with Crippen molar-refractivity contribution in [2.24, 2.45) is 0 Å². The maximum Gasteiger partial charge on any atom is 0.416 e. The molecule has 30 heavy (non-hydrogen) atoms. The zero-order chi connectivity index (χ0) is 21.7. The van der Waals surface area contributed by atoms with E-state index in [9.17, 15) is 18.0 Å². The molecule has 0 spiro atoms. The average molecular weight is 420 g/mol. The molecule has 0 radical (unpaired) electrons. The van der Waals surface area contributed by atoms with Gasteiger partial charge in [0.2, 0.25) is 5.91 Å². The van der Waals surface area contributed by atoms with Gasteiger partial charge in [-0.2, -0.15) is 13.2 Å². The normalized spacial score (nSPS) is 15.7. The molecule has 7 heteroatoms. The Morgan fingerprint density at radius 2 is 1.73 bits per heavy atom. The van der Waals surface area contributed by atoms with Crippen molar-refractivity contribution in [2.75, 3.05) is 38.3 Å². The molecule has 3 rings (SSSR count). The second-order valence-electron chi connectivity index (χ2n) is 7.70. The Kier molecular flexibility index (Phi) is 7.02. The van der Waals surface area contributed by atoms with Crippen LogP contribution in [0.3, 0.4) is 0 Å². The lowest BCUT2D eigenvalue weighted by atomic mass is 9.96. The number of carbonyl (C=O) groups excluding carboxylic acids is 1. The minimum atomic E-state index is -4.36. The molecule has 0 N–H and O–H groups in total. The molecule has 2 aromatic carbocycles. The lowest BCUT2D eigenvalue weighted by Gasteiger charge is -2.31. The molecule has 0 aromatic heterocycles. The van der Waals surface area contributed by atoms with E-state index in [-0.39, 0.29) is 18.2 Å². The van der Waals surface area contributed by atoms with Crippen molar-refractivity contribution in [3.63, 3.8) is 0 Å². The highest BCUT2D eigenvalue weighted by Gasteiger charge is 2.30. The van der Waals surface area contributed by atoms with E-state index in [4.69, 9.17) is 4.74 Å². The molecule has 4 nitrogen and oxygen atoms in total. The lowest BCUT2D eigenvalue weighted by Crippen LogP contribution is -2.37. The Hall–Kier alpha value is -2.54. The average Bonchev–Trinajstić information content (AvgIpc) is 2.74. The van der Waals surface area contributed by atoms with Crippen LogP contribution in [0.1, 0.15) is 36.0 Å². The van der Waals surface area contributed by atoms with Crippen molar-refractivity contribution >= 4 is 11.6 Å². The fraction of sp³-hybridized carbons (Fsp3) is 0.435. The van der Waals surface area contributed by atoms with Crippen molar-refractivity contribution in [3.05, 3.63) is 65.2 Å². The number of carbonyl (C=O) groups is 1. The topological polar surface area (TPSA) is 32.8 Å². The van der Waals surface area contributed by atoms with E-state index in [0.717, 1.165) is 42.0 Å². The predicted octanol–water partition coefficient (Wildman–Crippen LogP) is 4.69. The molecule has 1 saturated heterocycles. The molecule has 0 aliphatic carbocycles. The second-order valence-corrected chi connectivity index (χ2v) is 7.70. The van der Waals surface area contributed by atoms with Gasteiger partial charge in [-0.25, -0.2) is 0 Å². The van der Waals surface area contributed by atoms with E-state index in [2.05, 4.69) is 11.0 Å². The summed E-state index contributed by atoms with van der Waals surface area (Å²) in [5.74, 6) is -0.212. The fourth-order valence-electron chi connectivity index (χ4n) is 3.64. The Morgan fingerprint density at radius 3 is 2.37 bits per heavy atom. The number of benzene rings is 2. The number of amides is 1. The number of para-hydroxylation sites is 1. The van der Waals surface area contributed by atoms with E-state index in [0.29, 0.717) is 19.8 Å². The largest absolute Gasteiger partial charge is 0.416 e. The molecule has 2 aromatic rings. The van der Waals surface area contributed by atoms with Crippen LogP contribution in [0, 0.1) is 0 Å². The number of alkyl halides is 3. The van der Waals surface area contributed by atoms with Crippen LogP contribution in [0.25, 0.3) is 0 Å². The van der Waals surface area contributed by atoms with Crippen LogP contribution >= 0.6 is 0 Å². The first-order valence-corrected chi connectivity index (χ1v) is 10.1. The molecule has 162 valence electrons. The van der Waals surface area contributed by atoms with Gasteiger partial charge in [-0.3, -0.25) is 4.79 Å². The van der Waals surface area contributed by atoms with Gasteiger partial charge < -0.3 is 14.5 Å². The predicted molar refractivity (Wildman–Crippen MR) is 110 cm³/mol. The highest BCUT2D eigenvalue weighted by molar-refractivity contribution is 5.77. The molecule has 1 fully saturated rings. The third-order valence-corrected chi connectivity index (χ3v) is 5.46. The van der Waals surface area contributed by atoms with Crippen LogP contribution in [0.2, 0.25) is 0 Å². The van der Waals surface area contributed by atoms with Gasteiger partial charge in [0.05, 0.1) is 18.8 Å². The Morgan fingerprint density at radius 1 is 1.10 bits per heavy atom. The summed E-state index contributed by atoms with van der Waals surface area (Å²) in [5.41, 5.74) is 2.22. The second kappa shape index (κ2) is 9.51. The van der Waals surface area contributed by atoms with Crippen molar-refractivity contribution in [1.29, 1.82) is 0 Å². The summed E-state index contributed by atoms with van der Waals surface area (Å²) in [5, 5.41) is 0. The number of halogens is 3. The van der Waals surface area contributed by atoms with Gasteiger partial charge in [0, 0.05) is 38.8 Å². The number of hydrogen-bond donors (Lipinski definition) is 0. The SMILES string of the molecule is CC(CC(=O)N(C)Cc1ccccc1N1CCOCC1)c1ccc(C(F)(F)F)cc1. The summed E-state index contributed by atoms with van der Waals surface area (Å²) in [4.78, 5) is 16.7. The molecule has 1 heterocycles. The number of hydrogen-bond acceptors (Lipinski definition) is 3. The first-order valence-electron chi connectivity index (χ1n) is 10.1. The zero-order valence-electron chi connectivity index (χ0n) is 17.3. The van der Waals surface area contributed by atoms with Crippen molar-refractivity contribution < 1.29 is 22.7 Å². The molecule has 1 amide bonds. The van der Waals surface area contributed by atoms with Crippen LogP contribution in [-0.2, 0) is 22.3 Å². The van der Waals surface area contributed by atoms with Crippen molar-refractivity contribution in [2.45, 2.75) is 32.0 Å². The van der Waals surface area contributed by atoms with Crippen LogP contribution in [0.5, 0.6) is 0 Å². The highest BCUT2D eigenvalue weighted by Crippen LogP contribution is 2.31. The molecule has 1 atom stereocenters. The summed E-state index contributed by atoms with van der Waals surface area (Å²) in [6.07, 6.45) is -4.12. The minimum Gasteiger partial charge on any atom is -0.378 e. The molecule has 0 saturated carbocycles. The van der Waals surface area contributed by atoms with Gasteiger partial charge in [-0.05, 0) is 35.2 Å². The third-order valence-electron chi connectivity index (χ3n) is 5.46. The smallest absolute Gasteiger partial charge is 0.378 e. The Bertz CT molecular complexity index is 846. The van der Waals surface area contributed by atoms with Crippen LogP contribution in [0.15, 0.2) is 48.5 Å². The number of rotatable bonds is 6. The summed E-state index contributed by atoms with van der Waals surface area (Å²) in [6.45, 7) is 5.35. The summed E-state index contributed by atoms with van der Waals surface area (Å²) >= 11 is 0. The van der Waals surface area contributed by atoms with E-state index < -0.39 is 11.7 Å². The first-order chi connectivity index (χ1) is 14.3. The third kappa shape index (κ3) is 5.53. The van der Waals surface area contributed by atoms with Gasteiger partial charge in [0.25, 0.3) is 0 Å². The van der Waals surface area contributed by atoms with Crippen LogP contribution in [-0.4, -0.2) is 44.2 Å². The van der Waals surface area contributed by atoms with Gasteiger partial charge in [0.15, 0.2) is 0 Å². The Balaban J connectivity index is 1.62. The highest BCUT2D eigenvalue weighted by atomic mass is 19.4. The van der Waals surface area contributed by atoms with Gasteiger partial charge in [-0.1, -0.05) is 37.3 Å². The summed E-state index contributed by atoms with van der Waals surface area (Å²) < 4.78 is 43.6. The summed E-state index contributed by atoms with van der Waals surface area (Å²) in [6, 6.07) is 13.1. The molecule has 1 unspecified atom stereocenters. The number of anilines is 1. The van der Waals surface area contributed by atoms with Crippen LogP contribution in [0.4, 0.5) is 18.9 Å². The van der Waals surface area contributed by atoms with Crippen molar-refractivity contribution in [3.8, 4) is 0 Å². The Labute approximate surface area is 175 Å².